The number of benzene rings is 2. The van der Waals surface area contributed by atoms with Gasteiger partial charge in [-0.05, 0) is 24.3 Å². The molecule has 0 bridgehead atoms. The van der Waals surface area contributed by atoms with Crippen molar-refractivity contribution < 1.29 is 27.4 Å². The van der Waals surface area contributed by atoms with Crippen LogP contribution in [0.15, 0.2) is 42.5 Å². The summed E-state index contributed by atoms with van der Waals surface area (Å²) in [5.74, 6) is -3.77. The van der Waals surface area contributed by atoms with Crippen molar-refractivity contribution in [1.29, 1.82) is 0 Å². The van der Waals surface area contributed by atoms with Crippen molar-refractivity contribution >= 4 is 11.8 Å². The van der Waals surface area contributed by atoms with Gasteiger partial charge in [0.15, 0.2) is 23.6 Å². The van der Waals surface area contributed by atoms with Crippen LogP contribution < -0.4 is 9.64 Å². The predicted molar refractivity (Wildman–Crippen MR) is 75.9 cm³/mol. The van der Waals surface area contributed by atoms with Crippen LogP contribution in [0, 0.1) is 17.5 Å². The minimum absolute atomic E-state index is 0.0202. The summed E-state index contributed by atoms with van der Waals surface area (Å²) in [7, 11) is 0. The van der Waals surface area contributed by atoms with Crippen LogP contribution >= 0.6 is 0 Å². The lowest BCUT2D eigenvalue weighted by atomic mass is 10.2. The topological polar surface area (TPSA) is 38.8 Å². The van der Waals surface area contributed by atoms with Gasteiger partial charge in [-0.2, -0.15) is 0 Å². The number of anilines is 1. The van der Waals surface area contributed by atoms with Crippen LogP contribution in [0.1, 0.15) is 0 Å². The lowest BCUT2D eigenvalue weighted by Crippen LogP contribution is -2.27. The first kappa shape index (κ1) is 15.2. The molecule has 0 radical (unpaired) electrons. The minimum atomic E-state index is -1.63. The molecule has 1 atom stereocenters. The van der Waals surface area contributed by atoms with Gasteiger partial charge in [-0.15, -0.1) is 0 Å². The maximum Gasteiger partial charge on any atom is 0.414 e. The summed E-state index contributed by atoms with van der Waals surface area (Å²) in [6, 6.07) is 10.6. The van der Waals surface area contributed by atoms with Gasteiger partial charge >= 0.3 is 6.09 Å². The molecule has 7 heteroatoms. The van der Waals surface area contributed by atoms with E-state index in [1.807, 2.05) is 6.07 Å². The van der Waals surface area contributed by atoms with Gasteiger partial charge in [0.05, 0.1) is 12.2 Å². The molecule has 1 fully saturated rings. The second-order valence-electron chi connectivity index (χ2n) is 4.93. The highest BCUT2D eigenvalue weighted by Crippen LogP contribution is 2.27. The Morgan fingerprint density at radius 1 is 1.09 bits per heavy atom. The Morgan fingerprint density at radius 2 is 1.83 bits per heavy atom. The molecule has 23 heavy (non-hydrogen) atoms. The molecule has 120 valence electrons. The maximum atomic E-state index is 13.8. The fourth-order valence-electron chi connectivity index (χ4n) is 2.24. The number of nitrogens with zero attached hydrogens (tertiary/aromatic N) is 1. The molecular formula is C16H12F3NO3. The van der Waals surface area contributed by atoms with Crippen molar-refractivity contribution in [2.75, 3.05) is 18.1 Å². The third kappa shape index (κ3) is 3.08. The summed E-state index contributed by atoms with van der Waals surface area (Å²) in [5, 5.41) is 0. The molecular weight excluding hydrogens is 311 g/mol. The molecule has 2 aromatic rings. The van der Waals surface area contributed by atoms with Crippen molar-refractivity contribution in [1.82, 2.24) is 0 Å². The molecule has 1 heterocycles. The van der Waals surface area contributed by atoms with Crippen LogP contribution in [-0.4, -0.2) is 25.3 Å². The summed E-state index contributed by atoms with van der Waals surface area (Å²) < 4.78 is 50.5. The standard InChI is InChI=1S/C16H12F3NO3/c17-12-6-7-13(15(19)14(12)18)20-8-11(23-16(20)21)9-22-10-4-2-1-3-5-10/h1-7,11H,8-9H2/t11-/m1/s1. The van der Waals surface area contributed by atoms with E-state index in [-0.39, 0.29) is 18.8 Å². The van der Waals surface area contributed by atoms with Crippen molar-refractivity contribution in [2.45, 2.75) is 6.10 Å². The first-order valence-electron chi connectivity index (χ1n) is 6.86. The molecule has 3 rings (SSSR count). The lowest BCUT2D eigenvalue weighted by molar-refractivity contribution is 0.105. The average molecular weight is 323 g/mol. The van der Waals surface area contributed by atoms with E-state index in [1.165, 1.54) is 0 Å². The summed E-state index contributed by atoms with van der Waals surface area (Å²) in [6.07, 6.45) is -1.48. The highest BCUT2D eigenvalue weighted by atomic mass is 19.2. The van der Waals surface area contributed by atoms with Gasteiger partial charge in [0, 0.05) is 0 Å². The van der Waals surface area contributed by atoms with Gasteiger partial charge in [0.2, 0.25) is 0 Å². The zero-order valence-corrected chi connectivity index (χ0v) is 11.8. The molecule has 1 saturated heterocycles. The number of halogens is 3. The van der Waals surface area contributed by atoms with Crippen LogP contribution in [0.3, 0.4) is 0 Å². The fraction of sp³-hybridized carbons (Fsp3) is 0.188. The lowest BCUT2D eigenvalue weighted by Gasteiger charge is -2.14. The average Bonchev–Trinajstić information content (AvgIpc) is 2.93. The Morgan fingerprint density at radius 3 is 2.57 bits per heavy atom. The number of para-hydroxylation sites is 1. The van der Waals surface area contributed by atoms with E-state index in [1.54, 1.807) is 24.3 Å². The molecule has 4 nitrogen and oxygen atoms in total. The van der Waals surface area contributed by atoms with Gasteiger partial charge in [0.25, 0.3) is 0 Å². The van der Waals surface area contributed by atoms with E-state index in [0.29, 0.717) is 5.75 Å². The summed E-state index contributed by atoms with van der Waals surface area (Å²) in [6.45, 7) is 0.0468. The number of amides is 1. The van der Waals surface area contributed by atoms with Crippen LogP contribution in [0.5, 0.6) is 5.75 Å². The number of cyclic esters (lactones) is 1. The normalized spacial score (nSPS) is 17.3. The molecule has 0 saturated carbocycles. The van der Waals surface area contributed by atoms with Gasteiger partial charge in [0.1, 0.15) is 12.4 Å². The highest BCUT2D eigenvalue weighted by Gasteiger charge is 2.35. The summed E-state index contributed by atoms with van der Waals surface area (Å²) in [5.41, 5.74) is -0.365. The molecule has 0 unspecified atom stereocenters. The van der Waals surface area contributed by atoms with E-state index in [4.69, 9.17) is 9.47 Å². The zero-order chi connectivity index (χ0) is 16.4. The first-order chi connectivity index (χ1) is 11.1. The fourth-order valence-corrected chi connectivity index (χ4v) is 2.24. The predicted octanol–water partition coefficient (Wildman–Crippen LogP) is 3.51. The van der Waals surface area contributed by atoms with Crippen LogP contribution in [0.2, 0.25) is 0 Å². The molecule has 0 spiro atoms. The second-order valence-corrected chi connectivity index (χ2v) is 4.93. The van der Waals surface area contributed by atoms with Crippen molar-refractivity contribution in [3.05, 3.63) is 59.9 Å². The molecule has 0 aromatic heterocycles. The molecule has 2 aromatic carbocycles. The van der Waals surface area contributed by atoms with E-state index in [0.717, 1.165) is 17.0 Å². The highest BCUT2D eigenvalue weighted by molar-refractivity contribution is 5.89. The Kier molecular flexibility index (Phi) is 4.10. The number of hydrogen-bond donors (Lipinski definition) is 0. The van der Waals surface area contributed by atoms with Crippen molar-refractivity contribution in [3.63, 3.8) is 0 Å². The zero-order valence-electron chi connectivity index (χ0n) is 11.8. The molecule has 1 aliphatic rings. The van der Waals surface area contributed by atoms with Crippen LogP contribution in [0.25, 0.3) is 0 Å². The molecule has 0 aliphatic carbocycles. The number of ether oxygens (including phenoxy) is 2. The monoisotopic (exact) mass is 323 g/mol. The van der Waals surface area contributed by atoms with E-state index in [2.05, 4.69) is 0 Å². The Balaban J connectivity index is 1.69. The summed E-state index contributed by atoms with van der Waals surface area (Å²) >= 11 is 0. The minimum Gasteiger partial charge on any atom is -0.490 e. The van der Waals surface area contributed by atoms with Gasteiger partial charge < -0.3 is 9.47 Å². The quantitative estimate of drug-likeness (QED) is 0.808. The molecule has 1 aliphatic heterocycles. The van der Waals surface area contributed by atoms with Crippen LogP contribution in [0.4, 0.5) is 23.7 Å². The first-order valence-corrected chi connectivity index (χ1v) is 6.86. The third-order valence-electron chi connectivity index (χ3n) is 3.36. The molecule has 1 amide bonds. The van der Waals surface area contributed by atoms with Crippen molar-refractivity contribution in [2.24, 2.45) is 0 Å². The Labute approximate surface area is 130 Å². The number of rotatable bonds is 4. The van der Waals surface area contributed by atoms with E-state index < -0.39 is 29.6 Å². The van der Waals surface area contributed by atoms with Crippen LogP contribution in [-0.2, 0) is 4.74 Å². The SMILES string of the molecule is O=C1O[C@@H](COc2ccccc2)CN1c1ccc(F)c(F)c1F. The largest absolute Gasteiger partial charge is 0.490 e. The van der Waals surface area contributed by atoms with Crippen molar-refractivity contribution in [3.8, 4) is 5.75 Å². The second kappa shape index (κ2) is 6.20. The summed E-state index contributed by atoms with van der Waals surface area (Å²) in [4.78, 5) is 12.7. The smallest absolute Gasteiger partial charge is 0.414 e. The van der Waals surface area contributed by atoms with Gasteiger partial charge in [-0.25, -0.2) is 18.0 Å². The van der Waals surface area contributed by atoms with Gasteiger partial charge in [-0.3, -0.25) is 4.90 Å². The Bertz CT molecular complexity index is 724. The third-order valence-corrected chi connectivity index (χ3v) is 3.36. The number of hydrogen-bond acceptors (Lipinski definition) is 3. The van der Waals surface area contributed by atoms with Gasteiger partial charge in [-0.1, -0.05) is 18.2 Å². The number of carbonyl (C=O) groups excluding carboxylic acids is 1. The molecule has 0 N–H and O–H groups in total. The number of carbonyl (C=O) groups is 1. The van der Waals surface area contributed by atoms with E-state index >= 15 is 0 Å². The maximum absolute atomic E-state index is 13.8. The van der Waals surface area contributed by atoms with E-state index in [9.17, 15) is 18.0 Å². The Hall–Kier alpha value is -2.70.